The van der Waals surface area contributed by atoms with E-state index in [2.05, 4.69) is 6.92 Å². The number of amides is 1. The lowest BCUT2D eigenvalue weighted by atomic mass is 9.79. The lowest BCUT2D eigenvalue weighted by molar-refractivity contribution is -0.138. The second-order valence-electron chi connectivity index (χ2n) is 5.68. The Kier molecular flexibility index (Phi) is 3.53. The molecule has 16 heavy (non-hydrogen) atoms. The lowest BCUT2D eigenvalue weighted by Crippen LogP contribution is -2.48. The van der Waals surface area contributed by atoms with Crippen LogP contribution in [0.3, 0.4) is 0 Å². The van der Waals surface area contributed by atoms with Crippen molar-refractivity contribution in [2.24, 2.45) is 5.92 Å². The van der Waals surface area contributed by atoms with Gasteiger partial charge in [-0.3, -0.25) is 4.79 Å². The van der Waals surface area contributed by atoms with Gasteiger partial charge in [0.15, 0.2) is 0 Å². The standard InChI is InChI=1S/C13H23NO2/c1-11-5-7-13(16,8-6-11)10-14-9-3-2-4-12(14)15/h11,16H,2-10H2,1H3. The number of carbonyl (C=O) groups excluding carboxylic acids is 1. The van der Waals surface area contributed by atoms with Gasteiger partial charge in [-0.2, -0.15) is 0 Å². The predicted molar refractivity (Wildman–Crippen MR) is 63.0 cm³/mol. The van der Waals surface area contributed by atoms with E-state index in [0.29, 0.717) is 13.0 Å². The highest BCUT2D eigenvalue weighted by molar-refractivity contribution is 5.76. The van der Waals surface area contributed by atoms with E-state index in [0.717, 1.165) is 51.0 Å². The molecule has 1 N–H and O–H groups in total. The number of likely N-dealkylation sites (tertiary alicyclic amines) is 1. The van der Waals surface area contributed by atoms with Gasteiger partial charge in [-0.1, -0.05) is 6.92 Å². The third-order valence-corrected chi connectivity index (χ3v) is 4.11. The normalized spacial score (nSPS) is 36.5. The van der Waals surface area contributed by atoms with Gasteiger partial charge < -0.3 is 10.0 Å². The summed E-state index contributed by atoms with van der Waals surface area (Å²) in [6.07, 6.45) is 6.70. The molecule has 0 radical (unpaired) electrons. The molecule has 1 aliphatic carbocycles. The Labute approximate surface area is 97.8 Å². The zero-order chi connectivity index (χ0) is 11.6. The van der Waals surface area contributed by atoms with E-state index in [1.165, 1.54) is 0 Å². The van der Waals surface area contributed by atoms with Crippen molar-refractivity contribution in [1.82, 2.24) is 4.90 Å². The first kappa shape index (κ1) is 11.9. The Morgan fingerprint density at radius 2 is 2.06 bits per heavy atom. The van der Waals surface area contributed by atoms with Crippen molar-refractivity contribution in [1.29, 1.82) is 0 Å². The van der Waals surface area contributed by atoms with Gasteiger partial charge >= 0.3 is 0 Å². The smallest absolute Gasteiger partial charge is 0.222 e. The first-order valence-corrected chi connectivity index (χ1v) is 6.59. The molecule has 1 saturated heterocycles. The summed E-state index contributed by atoms with van der Waals surface area (Å²) in [4.78, 5) is 13.6. The van der Waals surface area contributed by atoms with Crippen LogP contribution in [0, 0.1) is 5.92 Å². The van der Waals surface area contributed by atoms with E-state index in [1.54, 1.807) is 0 Å². The van der Waals surface area contributed by atoms with E-state index in [1.807, 2.05) is 4.90 Å². The molecule has 3 heteroatoms. The molecule has 92 valence electrons. The van der Waals surface area contributed by atoms with Gasteiger partial charge in [0.05, 0.1) is 5.60 Å². The molecule has 0 spiro atoms. The maximum absolute atomic E-state index is 11.7. The number of β-amino-alcohol motifs (C(OH)–C–C–N with tert-alkyl or cyclic N) is 1. The second-order valence-corrected chi connectivity index (χ2v) is 5.68. The minimum absolute atomic E-state index is 0.235. The minimum atomic E-state index is -0.598. The molecule has 3 nitrogen and oxygen atoms in total. The van der Waals surface area contributed by atoms with Crippen molar-refractivity contribution in [2.75, 3.05) is 13.1 Å². The van der Waals surface area contributed by atoms with Crippen LogP contribution in [0.25, 0.3) is 0 Å². The fourth-order valence-electron chi connectivity index (χ4n) is 2.84. The fourth-order valence-corrected chi connectivity index (χ4v) is 2.84. The van der Waals surface area contributed by atoms with Crippen LogP contribution in [-0.4, -0.2) is 34.6 Å². The molecule has 2 fully saturated rings. The van der Waals surface area contributed by atoms with Crippen molar-refractivity contribution in [3.63, 3.8) is 0 Å². The van der Waals surface area contributed by atoms with Gasteiger partial charge in [0.25, 0.3) is 0 Å². The molecule has 1 heterocycles. The quantitative estimate of drug-likeness (QED) is 0.780. The molecule has 0 aromatic rings. The molecule has 0 aromatic heterocycles. The number of hydrogen-bond donors (Lipinski definition) is 1. The molecule has 2 rings (SSSR count). The summed E-state index contributed by atoms with van der Waals surface area (Å²) >= 11 is 0. The molecule has 1 amide bonds. The Hall–Kier alpha value is -0.570. The molecular formula is C13H23NO2. The predicted octanol–water partition coefficient (Wildman–Crippen LogP) is 1.94. The Balaban J connectivity index is 1.90. The number of rotatable bonds is 2. The van der Waals surface area contributed by atoms with E-state index in [4.69, 9.17) is 0 Å². The van der Waals surface area contributed by atoms with Gasteiger partial charge in [-0.25, -0.2) is 0 Å². The van der Waals surface area contributed by atoms with E-state index in [9.17, 15) is 9.90 Å². The summed E-state index contributed by atoms with van der Waals surface area (Å²) in [6.45, 7) is 3.65. The Bertz CT molecular complexity index is 257. The molecule has 0 bridgehead atoms. The highest BCUT2D eigenvalue weighted by Crippen LogP contribution is 2.33. The van der Waals surface area contributed by atoms with Crippen LogP contribution < -0.4 is 0 Å². The average molecular weight is 225 g/mol. The van der Waals surface area contributed by atoms with Crippen molar-refractivity contribution < 1.29 is 9.90 Å². The van der Waals surface area contributed by atoms with Gasteiger partial charge in [0, 0.05) is 19.5 Å². The lowest BCUT2D eigenvalue weighted by Gasteiger charge is -2.40. The SMILES string of the molecule is CC1CCC(O)(CN2CCCCC2=O)CC1. The molecule has 2 aliphatic rings. The van der Waals surface area contributed by atoms with E-state index < -0.39 is 5.60 Å². The topological polar surface area (TPSA) is 40.5 Å². The van der Waals surface area contributed by atoms with Crippen LogP contribution in [0.5, 0.6) is 0 Å². The summed E-state index contributed by atoms with van der Waals surface area (Å²) in [5.41, 5.74) is -0.598. The van der Waals surface area contributed by atoms with Crippen LogP contribution in [-0.2, 0) is 4.79 Å². The maximum Gasteiger partial charge on any atom is 0.222 e. The van der Waals surface area contributed by atoms with Crippen molar-refractivity contribution in [3.05, 3.63) is 0 Å². The minimum Gasteiger partial charge on any atom is -0.388 e. The molecule has 0 aromatic carbocycles. The van der Waals surface area contributed by atoms with Crippen LogP contribution in [0.1, 0.15) is 51.9 Å². The Morgan fingerprint density at radius 1 is 1.38 bits per heavy atom. The zero-order valence-corrected chi connectivity index (χ0v) is 10.2. The van der Waals surface area contributed by atoms with Gasteiger partial charge in [-0.15, -0.1) is 0 Å². The highest BCUT2D eigenvalue weighted by atomic mass is 16.3. The highest BCUT2D eigenvalue weighted by Gasteiger charge is 2.35. The summed E-state index contributed by atoms with van der Waals surface area (Å²) in [5, 5.41) is 10.5. The van der Waals surface area contributed by atoms with Crippen molar-refractivity contribution >= 4 is 5.91 Å². The third-order valence-electron chi connectivity index (χ3n) is 4.11. The fraction of sp³-hybridized carbons (Fsp3) is 0.923. The summed E-state index contributed by atoms with van der Waals surface area (Å²) < 4.78 is 0. The molecule has 0 atom stereocenters. The van der Waals surface area contributed by atoms with Crippen LogP contribution in [0.4, 0.5) is 0 Å². The van der Waals surface area contributed by atoms with Crippen molar-refractivity contribution in [2.45, 2.75) is 57.5 Å². The molecule has 0 unspecified atom stereocenters. The summed E-state index contributed by atoms with van der Waals surface area (Å²) in [7, 11) is 0. The number of aliphatic hydroxyl groups is 1. The van der Waals surface area contributed by atoms with Gasteiger partial charge in [-0.05, 0) is 44.4 Å². The number of piperidine rings is 1. The maximum atomic E-state index is 11.7. The molecular weight excluding hydrogens is 202 g/mol. The third kappa shape index (κ3) is 2.76. The first-order chi connectivity index (χ1) is 7.59. The molecule has 1 saturated carbocycles. The molecule has 1 aliphatic heterocycles. The summed E-state index contributed by atoms with van der Waals surface area (Å²) in [5.74, 6) is 0.968. The summed E-state index contributed by atoms with van der Waals surface area (Å²) in [6, 6.07) is 0. The average Bonchev–Trinajstić information content (AvgIpc) is 2.27. The largest absolute Gasteiger partial charge is 0.388 e. The number of nitrogens with zero attached hydrogens (tertiary/aromatic N) is 1. The van der Waals surface area contributed by atoms with Crippen LogP contribution >= 0.6 is 0 Å². The second kappa shape index (κ2) is 4.74. The van der Waals surface area contributed by atoms with Crippen LogP contribution in [0.15, 0.2) is 0 Å². The van der Waals surface area contributed by atoms with E-state index >= 15 is 0 Å². The monoisotopic (exact) mass is 225 g/mol. The van der Waals surface area contributed by atoms with E-state index in [-0.39, 0.29) is 5.91 Å². The van der Waals surface area contributed by atoms with Gasteiger partial charge in [0.1, 0.15) is 0 Å². The Morgan fingerprint density at radius 3 is 2.69 bits per heavy atom. The van der Waals surface area contributed by atoms with Crippen molar-refractivity contribution in [3.8, 4) is 0 Å². The van der Waals surface area contributed by atoms with Crippen LogP contribution in [0.2, 0.25) is 0 Å². The van der Waals surface area contributed by atoms with Gasteiger partial charge in [0.2, 0.25) is 5.91 Å². The number of hydrogen-bond acceptors (Lipinski definition) is 2. The first-order valence-electron chi connectivity index (χ1n) is 6.59. The zero-order valence-electron chi connectivity index (χ0n) is 10.2. The number of carbonyl (C=O) groups is 1.